The summed E-state index contributed by atoms with van der Waals surface area (Å²) in [4.78, 5) is 28.7. The van der Waals surface area contributed by atoms with Gasteiger partial charge in [0.15, 0.2) is 19.7 Å². The van der Waals surface area contributed by atoms with Crippen molar-refractivity contribution in [1.29, 1.82) is 0 Å². The Bertz CT molecular complexity index is 1530. The summed E-state index contributed by atoms with van der Waals surface area (Å²) in [6.07, 6.45) is 2.09. The largest absolute Gasteiger partial charge is 0.333 e. The highest BCUT2D eigenvalue weighted by Crippen LogP contribution is 2.37. The summed E-state index contributed by atoms with van der Waals surface area (Å²) in [7, 11) is -7.18. The zero-order valence-corrected chi connectivity index (χ0v) is 17.8. The molecule has 0 unspecified atom stereocenters. The Balaban J connectivity index is 2.14. The van der Waals surface area contributed by atoms with Crippen LogP contribution in [0.3, 0.4) is 0 Å². The van der Waals surface area contributed by atoms with Crippen LogP contribution in [0.25, 0.3) is 21.8 Å². The van der Waals surface area contributed by atoms with Gasteiger partial charge in [0.05, 0.1) is 21.9 Å². The molecule has 0 atom stereocenters. The van der Waals surface area contributed by atoms with E-state index >= 15 is 0 Å². The van der Waals surface area contributed by atoms with Crippen LogP contribution >= 0.6 is 0 Å². The Morgan fingerprint density at radius 3 is 2.23 bits per heavy atom. The smallest absolute Gasteiger partial charge is 0.331 e. The number of hydrogen-bond acceptors (Lipinski definition) is 8. The molecule has 0 aliphatic carbocycles. The van der Waals surface area contributed by atoms with Gasteiger partial charge in [-0.2, -0.15) is 0 Å². The first-order valence-electron chi connectivity index (χ1n) is 8.67. The van der Waals surface area contributed by atoms with E-state index in [-0.39, 0.29) is 27.6 Å². The van der Waals surface area contributed by atoms with Gasteiger partial charge in [-0.1, -0.05) is 5.16 Å². The zero-order chi connectivity index (χ0) is 22.0. The van der Waals surface area contributed by atoms with Crippen molar-refractivity contribution in [3.63, 3.8) is 0 Å². The molecule has 0 N–H and O–H groups in total. The predicted octanol–water partition coefficient (Wildman–Crippen LogP) is 1.72. The van der Waals surface area contributed by atoms with E-state index in [2.05, 4.69) is 9.99 Å². The molecular formula is C19H16N2O7S2. The first-order chi connectivity index (χ1) is 13.9. The van der Waals surface area contributed by atoms with E-state index in [1.54, 1.807) is 10.6 Å². The third-order valence-corrected chi connectivity index (χ3v) is 7.06. The summed E-state index contributed by atoms with van der Waals surface area (Å²) in [6.45, 7) is 1.12. The lowest BCUT2D eigenvalue weighted by molar-refractivity contribution is -0.140. The minimum Gasteiger partial charge on any atom is -0.333 e. The van der Waals surface area contributed by atoms with E-state index in [9.17, 15) is 26.4 Å². The van der Waals surface area contributed by atoms with E-state index < -0.39 is 31.4 Å². The number of carbonyl (C=O) groups excluding carboxylic acids is 2. The number of hydrogen-bond donors (Lipinski definition) is 0. The first-order valence-corrected chi connectivity index (χ1v) is 12.5. The second-order valence-electron chi connectivity index (χ2n) is 7.13. The fourth-order valence-electron chi connectivity index (χ4n) is 3.54. The van der Waals surface area contributed by atoms with Crippen molar-refractivity contribution in [3.8, 4) is 0 Å². The molecule has 0 bridgehead atoms. The number of aromatic nitrogens is 1. The van der Waals surface area contributed by atoms with Crippen LogP contribution in [0.15, 0.2) is 45.3 Å². The molecule has 0 spiro atoms. The summed E-state index contributed by atoms with van der Waals surface area (Å²) in [5.74, 6) is -1.27. The second kappa shape index (κ2) is 6.47. The maximum atomic E-state index is 13.0. The topological polar surface area (TPSA) is 129 Å². The van der Waals surface area contributed by atoms with Gasteiger partial charge in [-0.3, -0.25) is 4.79 Å². The van der Waals surface area contributed by atoms with Crippen molar-refractivity contribution in [1.82, 2.24) is 4.57 Å². The van der Waals surface area contributed by atoms with E-state index in [0.29, 0.717) is 21.8 Å². The van der Waals surface area contributed by atoms with Gasteiger partial charge in [0.25, 0.3) is 0 Å². The number of nitrogens with zero attached hydrogens (tertiary/aromatic N) is 2. The summed E-state index contributed by atoms with van der Waals surface area (Å²) in [6, 6.07) is 7.18. The van der Waals surface area contributed by atoms with Crippen molar-refractivity contribution in [2.75, 3.05) is 12.5 Å². The highest BCUT2D eigenvalue weighted by atomic mass is 32.2. The fraction of sp³-hybridized carbons (Fsp3) is 0.211. The monoisotopic (exact) mass is 448 g/mol. The van der Waals surface area contributed by atoms with Gasteiger partial charge in [0.1, 0.15) is 5.71 Å². The van der Waals surface area contributed by atoms with Gasteiger partial charge in [-0.15, -0.1) is 0 Å². The molecule has 1 aliphatic rings. The number of oxime groups is 1. The average Bonchev–Trinajstić information content (AvgIpc) is 2.95. The number of ketones is 1. The number of Topliss-reactive ketones (excluding diaryl/α,β-unsaturated/α-hetero) is 1. The molecule has 30 heavy (non-hydrogen) atoms. The number of carbonyl (C=O) groups is 2. The third kappa shape index (κ3) is 3.19. The van der Waals surface area contributed by atoms with Crippen molar-refractivity contribution in [2.24, 2.45) is 5.16 Å². The maximum Gasteiger partial charge on any atom is 0.331 e. The number of benzene rings is 2. The van der Waals surface area contributed by atoms with E-state index in [4.69, 9.17) is 0 Å². The standard InChI is InChI=1S/C19H16N2O7S2/c1-10(22)28-20-16-9-21-17-5-4-11(29(2,24)25)6-13(17)14-7-12(30(3,26)27)8-15(18(14)21)19(16)23/h4-8H,9H2,1-3H3/b20-16-. The Morgan fingerprint density at radius 2 is 1.63 bits per heavy atom. The lowest BCUT2D eigenvalue weighted by Crippen LogP contribution is -2.27. The SMILES string of the molecule is CC(=O)O/N=C1/Cn2c3ccc(S(C)(=O)=O)cc3c3cc(S(C)(=O)=O)cc(c32)C1=O. The van der Waals surface area contributed by atoms with Gasteiger partial charge >= 0.3 is 5.97 Å². The Labute approximate surface area is 171 Å². The fourth-order valence-corrected chi connectivity index (χ4v) is 4.85. The van der Waals surface area contributed by atoms with E-state index in [0.717, 1.165) is 19.4 Å². The maximum absolute atomic E-state index is 13.0. The van der Waals surface area contributed by atoms with Crippen LogP contribution in [0.5, 0.6) is 0 Å². The lowest BCUT2D eigenvalue weighted by atomic mass is 10.0. The number of fused-ring (bicyclic) bond motifs is 3. The van der Waals surface area contributed by atoms with Crippen LogP contribution in [0.4, 0.5) is 0 Å². The van der Waals surface area contributed by atoms with Crippen LogP contribution in [0.2, 0.25) is 0 Å². The predicted molar refractivity (Wildman–Crippen MR) is 109 cm³/mol. The summed E-state index contributed by atoms with van der Waals surface area (Å²) >= 11 is 0. The Kier molecular flexibility index (Phi) is 4.37. The highest BCUT2D eigenvalue weighted by Gasteiger charge is 2.30. The van der Waals surface area contributed by atoms with Crippen molar-refractivity contribution in [2.45, 2.75) is 23.3 Å². The zero-order valence-electron chi connectivity index (χ0n) is 16.2. The average molecular weight is 448 g/mol. The summed E-state index contributed by atoms with van der Waals surface area (Å²) in [5.41, 5.74) is 1.07. The number of sulfone groups is 2. The van der Waals surface area contributed by atoms with E-state index in [1.165, 1.54) is 24.3 Å². The molecule has 4 rings (SSSR count). The molecule has 156 valence electrons. The molecule has 3 aromatic rings. The van der Waals surface area contributed by atoms with Crippen LogP contribution in [0.1, 0.15) is 17.3 Å². The molecule has 11 heteroatoms. The molecular weight excluding hydrogens is 432 g/mol. The molecule has 0 saturated heterocycles. The number of rotatable bonds is 3. The van der Waals surface area contributed by atoms with Crippen LogP contribution in [-0.2, 0) is 35.9 Å². The van der Waals surface area contributed by atoms with Crippen LogP contribution in [-0.4, -0.2) is 51.4 Å². The molecule has 0 radical (unpaired) electrons. The molecule has 0 amide bonds. The van der Waals surface area contributed by atoms with Gasteiger partial charge in [0, 0.05) is 41.3 Å². The molecule has 2 aromatic carbocycles. The van der Waals surface area contributed by atoms with E-state index in [1.807, 2.05) is 0 Å². The van der Waals surface area contributed by atoms with Gasteiger partial charge in [0.2, 0.25) is 5.78 Å². The van der Waals surface area contributed by atoms with Gasteiger partial charge in [-0.05, 0) is 30.3 Å². The van der Waals surface area contributed by atoms with Crippen LogP contribution < -0.4 is 0 Å². The summed E-state index contributed by atoms with van der Waals surface area (Å²) < 4.78 is 50.2. The minimum absolute atomic E-state index is 0.0183. The molecule has 2 heterocycles. The van der Waals surface area contributed by atoms with Gasteiger partial charge in [-0.25, -0.2) is 21.6 Å². The molecule has 1 aliphatic heterocycles. The highest BCUT2D eigenvalue weighted by molar-refractivity contribution is 7.91. The third-order valence-electron chi connectivity index (χ3n) is 4.86. The Morgan fingerprint density at radius 1 is 1.00 bits per heavy atom. The van der Waals surface area contributed by atoms with Crippen molar-refractivity contribution >= 4 is 58.9 Å². The quantitative estimate of drug-likeness (QED) is 0.441. The second-order valence-corrected chi connectivity index (χ2v) is 11.2. The molecule has 0 fully saturated rings. The normalized spacial score (nSPS) is 15.8. The van der Waals surface area contributed by atoms with Gasteiger partial charge < -0.3 is 9.40 Å². The lowest BCUT2D eigenvalue weighted by Gasteiger charge is -2.17. The van der Waals surface area contributed by atoms with Crippen LogP contribution in [0, 0.1) is 0 Å². The van der Waals surface area contributed by atoms with Crippen molar-refractivity contribution < 1.29 is 31.3 Å². The molecule has 0 saturated carbocycles. The first kappa shape index (κ1) is 20.2. The Hall–Kier alpha value is -3.05. The minimum atomic E-state index is -3.67. The molecule has 9 nitrogen and oxygen atoms in total. The molecule has 1 aromatic heterocycles. The van der Waals surface area contributed by atoms with Crippen molar-refractivity contribution in [3.05, 3.63) is 35.9 Å². The summed E-state index contributed by atoms with van der Waals surface area (Å²) in [5, 5.41) is 4.56.